The van der Waals surface area contributed by atoms with Crippen molar-refractivity contribution in [2.24, 2.45) is 0 Å². The van der Waals surface area contributed by atoms with E-state index in [0.29, 0.717) is 10.7 Å². The van der Waals surface area contributed by atoms with Crippen LogP contribution < -0.4 is 5.32 Å². The van der Waals surface area contributed by atoms with Gasteiger partial charge in [0.1, 0.15) is 5.75 Å². The van der Waals surface area contributed by atoms with Crippen LogP contribution in [0.25, 0.3) is 0 Å². The summed E-state index contributed by atoms with van der Waals surface area (Å²) in [5.41, 5.74) is 1.87. The minimum atomic E-state index is -0.355. The van der Waals surface area contributed by atoms with Gasteiger partial charge in [0.15, 0.2) is 0 Å². The van der Waals surface area contributed by atoms with Gasteiger partial charge in [-0.1, -0.05) is 27.5 Å². The molecule has 1 amide bonds. The van der Waals surface area contributed by atoms with Gasteiger partial charge < -0.3 is 10.4 Å². The highest BCUT2D eigenvalue weighted by Gasteiger charge is 2.12. The molecule has 0 aliphatic rings. The smallest absolute Gasteiger partial charge is 0.257 e. The molecule has 0 saturated carbocycles. The number of halogens is 2. The molecule has 2 rings (SSSR count). The number of rotatable bonds is 2. The summed E-state index contributed by atoms with van der Waals surface area (Å²) in [6.07, 6.45) is 0. The van der Waals surface area contributed by atoms with Crippen LogP contribution in [-0.2, 0) is 0 Å². The second-order valence-electron chi connectivity index (χ2n) is 4.08. The average molecular weight is 341 g/mol. The minimum Gasteiger partial charge on any atom is -0.508 e. The fourth-order valence-corrected chi connectivity index (χ4v) is 2.32. The third-order valence-electron chi connectivity index (χ3n) is 2.63. The van der Waals surface area contributed by atoms with Crippen molar-refractivity contribution in [3.8, 4) is 5.75 Å². The van der Waals surface area contributed by atoms with Crippen LogP contribution >= 0.6 is 27.5 Å². The molecule has 0 fully saturated rings. The molecular formula is C14H11BrClNO2. The second-order valence-corrected chi connectivity index (χ2v) is 5.40. The molecule has 0 saturated heterocycles. The van der Waals surface area contributed by atoms with Crippen molar-refractivity contribution in [2.45, 2.75) is 6.92 Å². The summed E-state index contributed by atoms with van der Waals surface area (Å²) in [5.74, 6) is -0.353. The lowest BCUT2D eigenvalue weighted by atomic mass is 10.1. The van der Waals surface area contributed by atoms with Crippen LogP contribution in [0.4, 0.5) is 5.69 Å². The minimum absolute atomic E-state index is 0.00192. The lowest BCUT2D eigenvalue weighted by molar-refractivity contribution is 0.102. The number of benzene rings is 2. The third kappa shape index (κ3) is 3.28. The fraction of sp³-hybridized carbons (Fsp3) is 0.0714. The largest absolute Gasteiger partial charge is 0.508 e. The lowest BCUT2D eigenvalue weighted by Crippen LogP contribution is -2.13. The number of anilines is 1. The Balaban J connectivity index is 2.28. The second kappa shape index (κ2) is 5.63. The van der Waals surface area contributed by atoms with Gasteiger partial charge in [0.25, 0.3) is 5.91 Å². The van der Waals surface area contributed by atoms with E-state index in [0.717, 1.165) is 10.0 Å². The predicted octanol–water partition coefficient (Wildman–Crippen LogP) is 4.37. The van der Waals surface area contributed by atoms with Crippen molar-refractivity contribution in [3.05, 3.63) is 57.0 Å². The number of amides is 1. The van der Waals surface area contributed by atoms with Crippen molar-refractivity contribution in [2.75, 3.05) is 5.32 Å². The highest BCUT2D eigenvalue weighted by atomic mass is 79.9. The molecule has 0 spiro atoms. The average Bonchev–Trinajstić information content (AvgIpc) is 2.35. The maximum absolute atomic E-state index is 12.1. The first-order valence-electron chi connectivity index (χ1n) is 5.53. The zero-order valence-corrected chi connectivity index (χ0v) is 12.4. The van der Waals surface area contributed by atoms with Gasteiger partial charge in [0.2, 0.25) is 0 Å². The van der Waals surface area contributed by atoms with E-state index < -0.39 is 0 Å². The number of aromatic hydroxyl groups is 1. The number of hydrogen-bond donors (Lipinski definition) is 2. The topological polar surface area (TPSA) is 49.3 Å². The Morgan fingerprint density at radius 2 is 2.00 bits per heavy atom. The van der Waals surface area contributed by atoms with Gasteiger partial charge >= 0.3 is 0 Å². The summed E-state index contributed by atoms with van der Waals surface area (Å²) in [6.45, 7) is 1.89. The van der Waals surface area contributed by atoms with E-state index in [-0.39, 0.29) is 17.2 Å². The zero-order valence-electron chi connectivity index (χ0n) is 10.1. The molecule has 19 heavy (non-hydrogen) atoms. The quantitative estimate of drug-likeness (QED) is 0.853. The highest BCUT2D eigenvalue weighted by molar-refractivity contribution is 9.10. The molecule has 2 N–H and O–H groups in total. The number of aryl methyl sites for hydroxylation is 1. The molecular weight excluding hydrogens is 330 g/mol. The van der Waals surface area contributed by atoms with E-state index in [2.05, 4.69) is 21.2 Å². The molecule has 2 aromatic rings. The molecule has 0 unspecified atom stereocenters. The van der Waals surface area contributed by atoms with Crippen molar-refractivity contribution >= 4 is 39.1 Å². The van der Waals surface area contributed by atoms with Crippen LogP contribution in [0.15, 0.2) is 40.9 Å². The molecule has 0 radical (unpaired) electrons. The van der Waals surface area contributed by atoms with Gasteiger partial charge in [-0.3, -0.25) is 4.79 Å². The number of phenols is 1. The molecule has 0 aromatic heterocycles. The van der Waals surface area contributed by atoms with Gasteiger partial charge in [-0.2, -0.15) is 0 Å². The van der Waals surface area contributed by atoms with Crippen LogP contribution in [0, 0.1) is 6.92 Å². The Morgan fingerprint density at radius 1 is 1.26 bits per heavy atom. The Labute approximate surface area is 124 Å². The Bertz CT molecular complexity index is 643. The number of carbonyl (C=O) groups is 1. The number of nitrogens with one attached hydrogen (secondary N) is 1. The first-order valence-corrected chi connectivity index (χ1v) is 6.70. The number of carbonyl (C=O) groups excluding carboxylic acids is 1. The van der Waals surface area contributed by atoms with Crippen molar-refractivity contribution < 1.29 is 9.90 Å². The van der Waals surface area contributed by atoms with E-state index in [1.807, 2.05) is 19.1 Å². The van der Waals surface area contributed by atoms with Gasteiger partial charge in [-0.05, 0) is 48.9 Å². The summed E-state index contributed by atoms with van der Waals surface area (Å²) < 4.78 is 0.943. The maximum atomic E-state index is 12.1. The number of phenolic OH excluding ortho intramolecular Hbond substituents is 1. The first-order chi connectivity index (χ1) is 8.97. The Hall–Kier alpha value is -1.52. The van der Waals surface area contributed by atoms with Gasteiger partial charge in [-0.15, -0.1) is 0 Å². The molecule has 0 aliphatic heterocycles. The van der Waals surface area contributed by atoms with Gasteiger partial charge in [0.05, 0.1) is 10.6 Å². The molecule has 5 heteroatoms. The molecule has 98 valence electrons. The maximum Gasteiger partial charge on any atom is 0.257 e. The first kappa shape index (κ1) is 13.9. The van der Waals surface area contributed by atoms with E-state index in [4.69, 9.17) is 11.6 Å². The SMILES string of the molecule is Cc1cc(Br)ccc1NC(=O)c1cc(O)ccc1Cl. The summed E-state index contributed by atoms with van der Waals surface area (Å²) >= 11 is 9.30. The van der Waals surface area contributed by atoms with E-state index in [1.165, 1.54) is 18.2 Å². The van der Waals surface area contributed by atoms with Gasteiger partial charge in [-0.25, -0.2) is 0 Å². The normalized spacial score (nSPS) is 10.3. The number of hydrogen-bond acceptors (Lipinski definition) is 2. The fourth-order valence-electron chi connectivity index (χ4n) is 1.64. The summed E-state index contributed by atoms with van der Waals surface area (Å²) in [4.78, 5) is 12.1. The molecule has 0 aliphatic carbocycles. The van der Waals surface area contributed by atoms with E-state index in [1.54, 1.807) is 6.07 Å². The molecule has 0 bridgehead atoms. The third-order valence-corrected chi connectivity index (χ3v) is 3.45. The highest BCUT2D eigenvalue weighted by Crippen LogP contribution is 2.24. The zero-order chi connectivity index (χ0) is 14.0. The lowest BCUT2D eigenvalue weighted by Gasteiger charge is -2.10. The van der Waals surface area contributed by atoms with Crippen molar-refractivity contribution in [3.63, 3.8) is 0 Å². The predicted molar refractivity (Wildman–Crippen MR) is 79.9 cm³/mol. The van der Waals surface area contributed by atoms with Crippen LogP contribution in [0.3, 0.4) is 0 Å². The Morgan fingerprint density at radius 3 is 2.68 bits per heavy atom. The summed E-state index contributed by atoms with van der Waals surface area (Å²) in [5, 5.41) is 12.5. The van der Waals surface area contributed by atoms with Crippen LogP contribution in [0.1, 0.15) is 15.9 Å². The van der Waals surface area contributed by atoms with Crippen molar-refractivity contribution in [1.82, 2.24) is 0 Å². The van der Waals surface area contributed by atoms with Crippen LogP contribution in [0.5, 0.6) is 5.75 Å². The Kier molecular flexibility index (Phi) is 4.12. The van der Waals surface area contributed by atoms with Gasteiger partial charge in [0, 0.05) is 10.2 Å². The monoisotopic (exact) mass is 339 g/mol. The van der Waals surface area contributed by atoms with E-state index >= 15 is 0 Å². The van der Waals surface area contributed by atoms with Crippen molar-refractivity contribution in [1.29, 1.82) is 0 Å². The molecule has 0 atom stereocenters. The molecule has 2 aromatic carbocycles. The standard InChI is InChI=1S/C14H11BrClNO2/c1-8-6-9(15)2-5-13(8)17-14(19)11-7-10(18)3-4-12(11)16/h2-7,18H,1H3,(H,17,19). The van der Waals surface area contributed by atoms with E-state index in [9.17, 15) is 9.90 Å². The molecule has 0 heterocycles. The molecule has 3 nitrogen and oxygen atoms in total. The summed E-state index contributed by atoms with van der Waals surface area (Å²) in [6, 6.07) is 9.80. The van der Waals surface area contributed by atoms with Crippen LogP contribution in [0.2, 0.25) is 5.02 Å². The van der Waals surface area contributed by atoms with Crippen LogP contribution in [-0.4, -0.2) is 11.0 Å². The summed E-state index contributed by atoms with van der Waals surface area (Å²) in [7, 11) is 0.